The van der Waals surface area contributed by atoms with Crippen molar-refractivity contribution < 1.29 is 8.42 Å². The van der Waals surface area contributed by atoms with Crippen LogP contribution in [0.3, 0.4) is 0 Å². The molecule has 1 aliphatic rings. The van der Waals surface area contributed by atoms with E-state index < -0.39 is 15.6 Å². The molecule has 0 radical (unpaired) electrons. The molecular formula is C26H30N6O2S. The summed E-state index contributed by atoms with van der Waals surface area (Å²) in [4.78, 5) is 7.00. The first-order valence-corrected chi connectivity index (χ1v) is 13.1. The number of hydrogen-bond acceptors (Lipinski definition) is 6. The minimum absolute atomic E-state index is 0.214. The average Bonchev–Trinajstić information content (AvgIpc) is 3.21. The van der Waals surface area contributed by atoms with Gasteiger partial charge in [0, 0.05) is 29.9 Å². The van der Waals surface area contributed by atoms with Gasteiger partial charge in [0.25, 0.3) is 0 Å². The second-order valence-corrected chi connectivity index (χ2v) is 11.8. The van der Waals surface area contributed by atoms with E-state index in [0.29, 0.717) is 5.95 Å². The van der Waals surface area contributed by atoms with Gasteiger partial charge in [-0.1, -0.05) is 18.2 Å². The third kappa shape index (κ3) is 5.07. The van der Waals surface area contributed by atoms with Crippen molar-refractivity contribution in [2.24, 2.45) is 0 Å². The normalized spacial score (nSPS) is 14.7. The van der Waals surface area contributed by atoms with Gasteiger partial charge in [-0.05, 0) is 81.8 Å². The van der Waals surface area contributed by atoms with Gasteiger partial charge in [0.1, 0.15) is 0 Å². The topological polar surface area (TPSA) is 91.6 Å². The predicted octanol–water partition coefficient (Wildman–Crippen LogP) is 4.20. The van der Waals surface area contributed by atoms with E-state index in [1.165, 1.54) is 11.1 Å². The number of aromatic nitrogens is 3. The zero-order chi connectivity index (χ0) is 24.8. The van der Waals surface area contributed by atoms with E-state index in [9.17, 15) is 8.42 Å². The van der Waals surface area contributed by atoms with Crippen LogP contribution in [-0.4, -0.2) is 47.0 Å². The van der Waals surface area contributed by atoms with Crippen molar-refractivity contribution in [3.63, 3.8) is 0 Å². The Balaban J connectivity index is 1.46. The van der Waals surface area contributed by atoms with Gasteiger partial charge >= 0.3 is 0 Å². The molecule has 182 valence electrons. The number of sulfonamides is 1. The molecule has 9 heteroatoms. The van der Waals surface area contributed by atoms with Crippen LogP contribution < -0.4 is 10.0 Å². The van der Waals surface area contributed by atoms with Crippen LogP contribution in [0.4, 0.5) is 11.6 Å². The highest BCUT2D eigenvalue weighted by molar-refractivity contribution is 7.89. The van der Waals surface area contributed by atoms with Crippen LogP contribution in [0.1, 0.15) is 31.9 Å². The first kappa shape index (κ1) is 23.5. The maximum absolute atomic E-state index is 12.9. The number of benzene rings is 2. The highest BCUT2D eigenvalue weighted by atomic mass is 32.2. The number of hydrogen-bond donors (Lipinski definition) is 2. The fourth-order valence-corrected chi connectivity index (χ4v) is 5.83. The van der Waals surface area contributed by atoms with Gasteiger partial charge in [-0.15, -0.1) is 5.10 Å². The standard InChI is InChI=1S/C26H30N6O2S/c1-26(2,3)30-35(33,34)23-7-5-6-19(15-23)24-11-10-22-16-27-25(29-32(22)24)28-21-9-8-18-12-13-31(4)17-20(18)14-21/h5-11,14-16,30H,12-13,17H2,1-4H3,(H,28,29). The molecule has 8 nitrogen and oxygen atoms in total. The van der Waals surface area contributed by atoms with Gasteiger partial charge in [0.05, 0.1) is 22.3 Å². The molecule has 5 rings (SSSR count). The van der Waals surface area contributed by atoms with Gasteiger partial charge in [-0.25, -0.2) is 22.6 Å². The lowest BCUT2D eigenvalue weighted by atomic mass is 9.99. The third-order valence-electron chi connectivity index (χ3n) is 5.94. The summed E-state index contributed by atoms with van der Waals surface area (Å²) < 4.78 is 30.2. The Kier molecular flexibility index (Phi) is 5.86. The Hall–Kier alpha value is -3.27. The summed E-state index contributed by atoms with van der Waals surface area (Å²) in [7, 11) is -1.52. The van der Waals surface area contributed by atoms with Crippen molar-refractivity contribution in [3.8, 4) is 11.3 Å². The highest BCUT2D eigenvalue weighted by Gasteiger charge is 2.22. The van der Waals surface area contributed by atoms with Crippen molar-refractivity contribution in [1.29, 1.82) is 0 Å². The van der Waals surface area contributed by atoms with Gasteiger partial charge in [0.2, 0.25) is 16.0 Å². The van der Waals surface area contributed by atoms with Crippen molar-refractivity contribution >= 4 is 27.2 Å². The maximum atomic E-state index is 12.9. The van der Waals surface area contributed by atoms with Crippen LogP contribution in [0, 0.1) is 0 Å². The minimum atomic E-state index is -3.65. The second kappa shape index (κ2) is 8.75. The Morgan fingerprint density at radius 2 is 1.83 bits per heavy atom. The van der Waals surface area contributed by atoms with E-state index in [-0.39, 0.29) is 4.90 Å². The largest absolute Gasteiger partial charge is 0.323 e. The van der Waals surface area contributed by atoms with Crippen LogP contribution in [0.15, 0.2) is 65.7 Å². The zero-order valence-corrected chi connectivity index (χ0v) is 21.2. The molecule has 2 aromatic heterocycles. The molecule has 0 spiro atoms. The molecule has 35 heavy (non-hydrogen) atoms. The van der Waals surface area contributed by atoms with Gasteiger partial charge in [0.15, 0.2) is 0 Å². The highest BCUT2D eigenvalue weighted by Crippen LogP contribution is 2.27. The van der Waals surface area contributed by atoms with Gasteiger partial charge < -0.3 is 10.2 Å². The summed E-state index contributed by atoms with van der Waals surface area (Å²) in [5.74, 6) is 0.470. The molecule has 2 aromatic carbocycles. The first-order chi connectivity index (χ1) is 16.6. The SMILES string of the molecule is CN1CCc2ccc(Nc3ncc4ccc(-c5cccc(S(=O)(=O)NC(C)(C)C)c5)n4n3)cc2C1. The maximum Gasteiger partial charge on any atom is 0.245 e. The van der Waals surface area contributed by atoms with E-state index >= 15 is 0 Å². The monoisotopic (exact) mass is 490 g/mol. The van der Waals surface area contributed by atoms with Crippen LogP contribution in [0.25, 0.3) is 16.8 Å². The summed E-state index contributed by atoms with van der Waals surface area (Å²) in [6.07, 6.45) is 2.81. The predicted molar refractivity (Wildman–Crippen MR) is 138 cm³/mol. The fraction of sp³-hybridized carbons (Fsp3) is 0.308. The van der Waals surface area contributed by atoms with Crippen LogP contribution in [0.2, 0.25) is 0 Å². The van der Waals surface area contributed by atoms with Crippen molar-refractivity contribution in [3.05, 3.63) is 71.9 Å². The van der Waals surface area contributed by atoms with E-state index in [2.05, 4.69) is 45.2 Å². The van der Waals surface area contributed by atoms with Crippen LogP contribution in [-0.2, 0) is 23.0 Å². The third-order valence-corrected chi connectivity index (χ3v) is 7.70. The summed E-state index contributed by atoms with van der Waals surface area (Å²) in [6.45, 7) is 7.46. The van der Waals surface area contributed by atoms with Crippen LogP contribution >= 0.6 is 0 Å². The van der Waals surface area contributed by atoms with Crippen molar-refractivity contribution in [2.75, 3.05) is 18.9 Å². The minimum Gasteiger partial charge on any atom is -0.323 e. The Bertz CT molecular complexity index is 1500. The molecule has 0 saturated carbocycles. The van der Waals surface area contributed by atoms with E-state index in [4.69, 9.17) is 5.10 Å². The molecule has 3 heterocycles. The molecule has 0 fully saturated rings. The molecule has 0 amide bonds. The summed E-state index contributed by atoms with van der Waals surface area (Å²) >= 11 is 0. The smallest absolute Gasteiger partial charge is 0.245 e. The molecule has 0 unspecified atom stereocenters. The lowest BCUT2D eigenvalue weighted by Gasteiger charge is -2.25. The molecular weight excluding hydrogens is 460 g/mol. The Labute approximate surface area is 206 Å². The van der Waals surface area contributed by atoms with Gasteiger partial charge in [-0.2, -0.15) is 0 Å². The zero-order valence-electron chi connectivity index (χ0n) is 20.4. The van der Waals surface area contributed by atoms with E-state index in [0.717, 1.165) is 42.0 Å². The van der Waals surface area contributed by atoms with E-state index in [1.807, 2.05) is 39.0 Å². The second-order valence-electron chi connectivity index (χ2n) is 10.1. The number of likely N-dealkylation sites (N-methyl/N-ethyl adjacent to an activating group) is 1. The van der Waals surface area contributed by atoms with Crippen LogP contribution in [0.5, 0.6) is 0 Å². The number of fused-ring (bicyclic) bond motifs is 2. The molecule has 0 bridgehead atoms. The molecule has 0 atom stereocenters. The molecule has 4 aromatic rings. The average molecular weight is 491 g/mol. The van der Waals surface area contributed by atoms with Gasteiger partial charge in [-0.3, -0.25) is 0 Å². The quantitative estimate of drug-likeness (QED) is 0.436. The number of nitrogens with one attached hydrogen (secondary N) is 2. The van der Waals surface area contributed by atoms with E-state index in [1.54, 1.807) is 28.9 Å². The summed E-state index contributed by atoms with van der Waals surface area (Å²) in [6, 6.07) is 17.1. The molecule has 2 N–H and O–H groups in total. The fourth-order valence-electron chi connectivity index (χ4n) is 4.37. The Morgan fingerprint density at radius 3 is 2.63 bits per heavy atom. The lowest BCUT2D eigenvalue weighted by molar-refractivity contribution is 0.313. The summed E-state index contributed by atoms with van der Waals surface area (Å²) in [5.41, 5.74) is 5.42. The number of nitrogens with zero attached hydrogens (tertiary/aromatic N) is 4. The lowest BCUT2D eigenvalue weighted by Crippen LogP contribution is -2.40. The molecule has 0 aliphatic carbocycles. The number of rotatable bonds is 5. The van der Waals surface area contributed by atoms with Crippen molar-refractivity contribution in [1.82, 2.24) is 24.2 Å². The number of anilines is 2. The molecule has 1 aliphatic heterocycles. The first-order valence-electron chi connectivity index (χ1n) is 11.6. The van der Waals surface area contributed by atoms with Crippen molar-refractivity contribution in [2.45, 2.75) is 44.2 Å². The molecule has 0 saturated heterocycles. The Morgan fingerprint density at radius 1 is 1.00 bits per heavy atom. The summed E-state index contributed by atoms with van der Waals surface area (Å²) in [5, 5.41) is 8.03.